The molecule has 1 aliphatic rings. The van der Waals surface area contributed by atoms with Gasteiger partial charge in [0.25, 0.3) is 5.91 Å². The quantitative estimate of drug-likeness (QED) is 0.812. The molecule has 1 saturated carbocycles. The number of nitrogens with two attached hydrogens (primary N) is 1. The molecule has 4 heteroatoms. The molecule has 1 fully saturated rings. The van der Waals surface area contributed by atoms with E-state index in [2.05, 4.69) is 5.32 Å². The van der Waals surface area contributed by atoms with Crippen molar-refractivity contribution in [2.45, 2.75) is 51.5 Å². The summed E-state index contributed by atoms with van der Waals surface area (Å²) in [6, 6.07) is 5.57. The van der Waals surface area contributed by atoms with E-state index in [1.54, 1.807) is 18.2 Å². The lowest BCUT2D eigenvalue weighted by Crippen LogP contribution is -2.36. The minimum absolute atomic E-state index is 0.0364. The Kier molecular flexibility index (Phi) is 5.27. The van der Waals surface area contributed by atoms with E-state index in [9.17, 15) is 4.79 Å². The van der Waals surface area contributed by atoms with Gasteiger partial charge in [-0.05, 0) is 37.5 Å². The van der Waals surface area contributed by atoms with Crippen molar-refractivity contribution >= 4 is 11.6 Å². The molecule has 0 bridgehead atoms. The zero-order valence-corrected chi connectivity index (χ0v) is 12.2. The van der Waals surface area contributed by atoms with Gasteiger partial charge >= 0.3 is 0 Å². The normalized spacial score (nSPS) is 15.8. The molecule has 1 aromatic rings. The van der Waals surface area contributed by atoms with Crippen LogP contribution in [0, 0.1) is 0 Å². The van der Waals surface area contributed by atoms with Crippen molar-refractivity contribution in [1.29, 1.82) is 0 Å². The maximum absolute atomic E-state index is 12.2. The van der Waals surface area contributed by atoms with Crippen molar-refractivity contribution in [3.8, 4) is 5.75 Å². The standard InChI is InChI=1S/C16H24N2O2/c1-2-10-20-15-9-8-12(11-14(15)17)16(19)18-13-6-4-3-5-7-13/h8-9,11,13H,2-7,10,17H2,1H3,(H,18,19). The van der Waals surface area contributed by atoms with E-state index < -0.39 is 0 Å². The zero-order chi connectivity index (χ0) is 14.4. The number of hydrogen-bond acceptors (Lipinski definition) is 3. The predicted molar refractivity (Wildman–Crippen MR) is 81.0 cm³/mol. The highest BCUT2D eigenvalue weighted by atomic mass is 16.5. The average Bonchev–Trinajstić information content (AvgIpc) is 2.47. The smallest absolute Gasteiger partial charge is 0.251 e. The molecule has 0 heterocycles. The van der Waals surface area contributed by atoms with Crippen LogP contribution in [0.15, 0.2) is 18.2 Å². The first-order valence-corrected chi connectivity index (χ1v) is 7.54. The van der Waals surface area contributed by atoms with Crippen LogP contribution in [0.2, 0.25) is 0 Å². The molecule has 110 valence electrons. The SMILES string of the molecule is CCCOc1ccc(C(=O)NC2CCCCC2)cc1N. The highest BCUT2D eigenvalue weighted by molar-refractivity contribution is 5.95. The molecule has 1 aromatic carbocycles. The van der Waals surface area contributed by atoms with Crippen LogP contribution in [-0.4, -0.2) is 18.6 Å². The number of ether oxygens (including phenoxy) is 1. The molecule has 20 heavy (non-hydrogen) atoms. The Labute approximate surface area is 120 Å². The van der Waals surface area contributed by atoms with Crippen LogP contribution in [-0.2, 0) is 0 Å². The van der Waals surface area contributed by atoms with Gasteiger partial charge in [-0.1, -0.05) is 26.2 Å². The fourth-order valence-electron chi connectivity index (χ4n) is 2.55. The third kappa shape index (κ3) is 3.89. The van der Waals surface area contributed by atoms with Gasteiger partial charge in [0.1, 0.15) is 5.75 Å². The van der Waals surface area contributed by atoms with Gasteiger partial charge < -0.3 is 15.8 Å². The second-order valence-corrected chi connectivity index (χ2v) is 5.41. The highest BCUT2D eigenvalue weighted by Gasteiger charge is 2.17. The number of carbonyl (C=O) groups is 1. The number of nitrogen functional groups attached to an aromatic ring is 1. The number of hydrogen-bond donors (Lipinski definition) is 2. The van der Waals surface area contributed by atoms with Crippen molar-refractivity contribution in [2.24, 2.45) is 0 Å². The topological polar surface area (TPSA) is 64.3 Å². The summed E-state index contributed by atoms with van der Waals surface area (Å²) in [5, 5.41) is 3.09. The van der Waals surface area contributed by atoms with Crippen molar-refractivity contribution in [2.75, 3.05) is 12.3 Å². The maximum atomic E-state index is 12.2. The van der Waals surface area contributed by atoms with Crippen LogP contribution >= 0.6 is 0 Å². The summed E-state index contributed by atoms with van der Waals surface area (Å²) >= 11 is 0. The number of nitrogens with one attached hydrogen (secondary N) is 1. The molecule has 0 spiro atoms. The summed E-state index contributed by atoms with van der Waals surface area (Å²) < 4.78 is 5.51. The minimum atomic E-state index is -0.0364. The second-order valence-electron chi connectivity index (χ2n) is 5.41. The van der Waals surface area contributed by atoms with Crippen LogP contribution in [0.3, 0.4) is 0 Å². The number of rotatable bonds is 5. The molecular weight excluding hydrogens is 252 g/mol. The summed E-state index contributed by atoms with van der Waals surface area (Å²) in [7, 11) is 0. The lowest BCUT2D eigenvalue weighted by molar-refractivity contribution is 0.0927. The fraction of sp³-hybridized carbons (Fsp3) is 0.562. The van der Waals surface area contributed by atoms with Crippen molar-refractivity contribution < 1.29 is 9.53 Å². The molecule has 3 N–H and O–H groups in total. The van der Waals surface area contributed by atoms with E-state index in [1.807, 2.05) is 6.92 Å². The molecule has 4 nitrogen and oxygen atoms in total. The van der Waals surface area contributed by atoms with Crippen LogP contribution in [0.25, 0.3) is 0 Å². The van der Waals surface area contributed by atoms with E-state index in [1.165, 1.54) is 19.3 Å². The molecule has 0 aliphatic heterocycles. The van der Waals surface area contributed by atoms with E-state index in [0.717, 1.165) is 19.3 Å². The largest absolute Gasteiger partial charge is 0.491 e. The van der Waals surface area contributed by atoms with Crippen molar-refractivity contribution in [3.63, 3.8) is 0 Å². The van der Waals surface area contributed by atoms with E-state index in [4.69, 9.17) is 10.5 Å². The Hall–Kier alpha value is -1.71. The first-order chi connectivity index (χ1) is 9.70. The third-order valence-electron chi connectivity index (χ3n) is 3.67. The molecule has 1 amide bonds. The Morgan fingerprint density at radius 1 is 1.35 bits per heavy atom. The molecule has 2 rings (SSSR count). The maximum Gasteiger partial charge on any atom is 0.251 e. The van der Waals surface area contributed by atoms with E-state index >= 15 is 0 Å². The number of anilines is 1. The Balaban J connectivity index is 1.97. The summed E-state index contributed by atoms with van der Waals surface area (Å²) in [5.74, 6) is 0.617. The fourth-order valence-corrected chi connectivity index (χ4v) is 2.55. The minimum Gasteiger partial charge on any atom is -0.491 e. The van der Waals surface area contributed by atoms with E-state index in [0.29, 0.717) is 29.6 Å². The van der Waals surface area contributed by atoms with E-state index in [-0.39, 0.29) is 5.91 Å². The molecular formula is C16H24N2O2. The number of amides is 1. The monoisotopic (exact) mass is 276 g/mol. The summed E-state index contributed by atoms with van der Waals surface area (Å²) in [4.78, 5) is 12.2. The Morgan fingerprint density at radius 3 is 2.75 bits per heavy atom. The van der Waals surface area contributed by atoms with Gasteiger partial charge in [-0.3, -0.25) is 4.79 Å². The first kappa shape index (κ1) is 14.7. The highest BCUT2D eigenvalue weighted by Crippen LogP contribution is 2.23. The third-order valence-corrected chi connectivity index (χ3v) is 3.67. The molecule has 0 radical (unpaired) electrons. The van der Waals surface area contributed by atoms with Crippen LogP contribution in [0.1, 0.15) is 55.8 Å². The summed E-state index contributed by atoms with van der Waals surface area (Å²) in [6.07, 6.45) is 6.79. The Morgan fingerprint density at radius 2 is 2.10 bits per heavy atom. The Bertz CT molecular complexity index is 454. The van der Waals surface area contributed by atoms with Crippen molar-refractivity contribution in [3.05, 3.63) is 23.8 Å². The van der Waals surface area contributed by atoms with Crippen LogP contribution in [0.5, 0.6) is 5.75 Å². The molecule has 0 aromatic heterocycles. The first-order valence-electron chi connectivity index (χ1n) is 7.54. The van der Waals surface area contributed by atoms with Gasteiger partial charge in [0, 0.05) is 11.6 Å². The zero-order valence-electron chi connectivity index (χ0n) is 12.2. The molecule has 1 aliphatic carbocycles. The van der Waals surface area contributed by atoms with Crippen molar-refractivity contribution in [1.82, 2.24) is 5.32 Å². The number of benzene rings is 1. The summed E-state index contributed by atoms with van der Waals surface area (Å²) in [6.45, 7) is 2.68. The van der Waals surface area contributed by atoms with Gasteiger partial charge in [0.15, 0.2) is 0 Å². The van der Waals surface area contributed by atoms with Gasteiger partial charge in [0.2, 0.25) is 0 Å². The van der Waals surface area contributed by atoms with Gasteiger partial charge in [0.05, 0.1) is 12.3 Å². The van der Waals surface area contributed by atoms with Gasteiger partial charge in [-0.2, -0.15) is 0 Å². The van der Waals surface area contributed by atoms with Crippen LogP contribution in [0.4, 0.5) is 5.69 Å². The average molecular weight is 276 g/mol. The summed E-state index contributed by atoms with van der Waals surface area (Å²) in [5.41, 5.74) is 7.06. The lowest BCUT2D eigenvalue weighted by atomic mass is 9.95. The second kappa shape index (κ2) is 7.17. The van der Waals surface area contributed by atoms with Gasteiger partial charge in [-0.15, -0.1) is 0 Å². The van der Waals surface area contributed by atoms with Gasteiger partial charge in [-0.25, -0.2) is 0 Å². The molecule has 0 unspecified atom stereocenters. The van der Waals surface area contributed by atoms with Crippen LogP contribution < -0.4 is 15.8 Å². The number of carbonyl (C=O) groups excluding carboxylic acids is 1. The molecule has 0 atom stereocenters. The lowest BCUT2D eigenvalue weighted by Gasteiger charge is -2.22. The molecule has 0 saturated heterocycles. The predicted octanol–water partition coefficient (Wildman–Crippen LogP) is 3.12.